The molecule has 3 heterocycles. The van der Waals surface area contributed by atoms with Gasteiger partial charge in [-0.15, -0.1) is 11.8 Å². The first-order valence-electron chi connectivity index (χ1n) is 9.69. The molecule has 0 saturated carbocycles. The predicted molar refractivity (Wildman–Crippen MR) is 114 cm³/mol. The van der Waals surface area contributed by atoms with Crippen LogP contribution < -0.4 is 5.73 Å². The van der Waals surface area contributed by atoms with Gasteiger partial charge >= 0.3 is 0 Å². The number of hydrogen-bond acceptors (Lipinski definition) is 4. The number of thioether (sulfide) groups is 1. The fraction of sp³-hybridized carbons (Fsp3) is 0.364. The first kappa shape index (κ1) is 19.0. The Kier molecular flexibility index (Phi) is 5.69. The number of nitrogens with two attached hydrogens (primary N) is 1. The van der Waals surface area contributed by atoms with E-state index in [0.29, 0.717) is 24.1 Å². The summed E-state index contributed by atoms with van der Waals surface area (Å²) in [4.78, 5) is 19.3. The number of pyridine rings is 1. The van der Waals surface area contributed by atoms with Crippen LogP contribution >= 0.6 is 11.8 Å². The van der Waals surface area contributed by atoms with E-state index in [-0.39, 0.29) is 5.91 Å². The van der Waals surface area contributed by atoms with Crippen molar-refractivity contribution in [3.8, 4) is 0 Å². The molecule has 3 aromatic rings. The summed E-state index contributed by atoms with van der Waals surface area (Å²) in [6, 6.07) is 14.5. The second kappa shape index (κ2) is 8.37. The molecule has 2 N–H and O–H groups in total. The summed E-state index contributed by atoms with van der Waals surface area (Å²) in [6.45, 7) is 4.19. The van der Waals surface area contributed by atoms with Crippen molar-refractivity contribution in [1.29, 1.82) is 0 Å². The lowest BCUT2D eigenvalue weighted by molar-refractivity contribution is -0.127. The van der Waals surface area contributed by atoms with Gasteiger partial charge in [-0.05, 0) is 36.6 Å². The van der Waals surface area contributed by atoms with Crippen LogP contribution in [0.1, 0.15) is 22.7 Å². The molecule has 146 valence electrons. The molecule has 1 aromatic carbocycles. The number of benzene rings is 1. The molecular weight excluding hydrogens is 368 g/mol. The third-order valence-corrected chi connectivity index (χ3v) is 6.40. The van der Waals surface area contributed by atoms with E-state index in [1.54, 1.807) is 11.8 Å². The first-order valence-corrected chi connectivity index (χ1v) is 10.8. The molecule has 1 amide bonds. The molecule has 0 spiro atoms. The van der Waals surface area contributed by atoms with Gasteiger partial charge in [-0.3, -0.25) is 4.79 Å². The highest BCUT2D eigenvalue weighted by molar-refractivity contribution is 7.99. The first-order chi connectivity index (χ1) is 13.6. The highest BCUT2D eigenvalue weighted by Gasteiger charge is 2.34. The molecule has 0 bridgehead atoms. The van der Waals surface area contributed by atoms with Crippen LogP contribution in [-0.2, 0) is 10.5 Å². The molecule has 5 nitrogen and oxygen atoms in total. The Morgan fingerprint density at radius 1 is 1.18 bits per heavy atom. The molecule has 6 heteroatoms. The van der Waals surface area contributed by atoms with Crippen molar-refractivity contribution in [3.63, 3.8) is 0 Å². The number of imidazole rings is 1. The van der Waals surface area contributed by atoms with E-state index in [9.17, 15) is 4.79 Å². The number of hydrogen-bond donors (Lipinski definition) is 1. The van der Waals surface area contributed by atoms with Crippen molar-refractivity contribution in [2.45, 2.75) is 18.6 Å². The second-order valence-corrected chi connectivity index (χ2v) is 8.49. The van der Waals surface area contributed by atoms with E-state index in [0.717, 1.165) is 30.2 Å². The van der Waals surface area contributed by atoms with E-state index in [1.807, 2.05) is 27.6 Å². The Morgan fingerprint density at radius 2 is 2.00 bits per heavy atom. The second-order valence-electron chi connectivity index (χ2n) is 7.51. The summed E-state index contributed by atoms with van der Waals surface area (Å²) in [6.07, 6.45) is 4.12. The SMILES string of the molecule is Cc1ccc2nc(CSCC(=O)N3C[C@@H](CN)[C@H](c4ccccc4)C3)cn2c1. The quantitative estimate of drug-likeness (QED) is 0.698. The minimum atomic E-state index is 0.196. The zero-order valence-corrected chi connectivity index (χ0v) is 16.9. The fourth-order valence-electron chi connectivity index (χ4n) is 3.95. The molecular formula is C22H26N4OS. The average Bonchev–Trinajstić information content (AvgIpc) is 3.32. The fourth-order valence-corrected chi connectivity index (χ4v) is 4.76. The van der Waals surface area contributed by atoms with Gasteiger partial charge in [0.2, 0.25) is 5.91 Å². The number of amides is 1. The van der Waals surface area contributed by atoms with Gasteiger partial charge in [0.15, 0.2) is 0 Å². The van der Waals surface area contributed by atoms with E-state index in [4.69, 9.17) is 5.73 Å². The molecule has 0 radical (unpaired) electrons. The van der Waals surface area contributed by atoms with Crippen LogP contribution in [0.2, 0.25) is 0 Å². The minimum Gasteiger partial charge on any atom is -0.341 e. The number of likely N-dealkylation sites (tertiary alicyclic amines) is 1. The van der Waals surface area contributed by atoms with Gasteiger partial charge in [0.05, 0.1) is 11.4 Å². The Morgan fingerprint density at radius 3 is 2.79 bits per heavy atom. The highest BCUT2D eigenvalue weighted by Crippen LogP contribution is 2.32. The third-order valence-electron chi connectivity index (χ3n) is 5.45. The van der Waals surface area contributed by atoms with E-state index in [1.165, 1.54) is 11.1 Å². The van der Waals surface area contributed by atoms with Gasteiger partial charge in [0.1, 0.15) is 5.65 Å². The van der Waals surface area contributed by atoms with Gasteiger partial charge in [-0.1, -0.05) is 36.4 Å². The van der Waals surface area contributed by atoms with Crippen molar-refractivity contribution in [2.24, 2.45) is 11.7 Å². The molecule has 28 heavy (non-hydrogen) atoms. The maximum Gasteiger partial charge on any atom is 0.232 e. The minimum absolute atomic E-state index is 0.196. The third kappa shape index (κ3) is 4.08. The molecule has 1 aliphatic heterocycles. The largest absolute Gasteiger partial charge is 0.341 e. The van der Waals surface area contributed by atoms with Crippen molar-refractivity contribution in [2.75, 3.05) is 25.4 Å². The molecule has 4 rings (SSSR count). The van der Waals surface area contributed by atoms with E-state index >= 15 is 0 Å². The van der Waals surface area contributed by atoms with Gasteiger partial charge in [0, 0.05) is 37.2 Å². The van der Waals surface area contributed by atoms with Crippen molar-refractivity contribution >= 4 is 23.3 Å². The predicted octanol–water partition coefficient (Wildman–Crippen LogP) is 3.08. The maximum absolute atomic E-state index is 12.7. The number of aromatic nitrogens is 2. The molecule has 2 atom stereocenters. The van der Waals surface area contributed by atoms with Gasteiger partial charge in [-0.2, -0.15) is 0 Å². The van der Waals surface area contributed by atoms with Crippen LogP contribution in [0, 0.1) is 12.8 Å². The van der Waals surface area contributed by atoms with Gasteiger partial charge in [-0.25, -0.2) is 4.98 Å². The molecule has 1 fully saturated rings. The summed E-state index contributed by atoms with van der Waals surface area (Å²) in [7, 11) is 0. The van der Waals surface area contributed by atoms with Crippen molar-refractivity contribution in [3.05, 3.63) is 71.7 Å². The summed E-state index contributed by atoms with van der Waals surface area (Å²) >= 11 is 1.63. The maximum atomic E-state index is 12.7. The number of nitrogens with zero attached hydrogens (tertiary/aromatic N) is 3. The zero-order valence-electron chi connectivity index (χ0n) is 16.1. The van der Waals surface area contributed by atoms with Gasteiger partial charge < -0.3 is 15.0 Å². The molecule has 2 aromatic heterocycles. The lowest BCUT2D eigenvalue weighted by Gasteiger charge is -2.16. The van der Waals surface area contributed by atoms with Crippen LogP contribution in [-0.4, -0.2) is 45.6 Å². The number of aryl methyl sites for hydroxylation is 1. The molecule has 1 saturated heterocycles. The van der Waals surface area contributed by atoms with Crippen LogP contribution in [0.4, 0.5) is 0 Å². The summed E-state index contributed by atoms with van der Waals surface area (Å²) < 4.78 is 2.05. The van der Waals surface area contributed by atoms with Crippen molar-refractivity contribution < 1.29 is 4.79 Å². The number of fused-ring (bicyclic) bond motifs is 1. The van der Waals surface area contributed by atoms with E-state index < -0.39 is 0 Å². The topological polar surface area (TPSA) is 63.6 Å². The zero-order chi connectivity index (χ0) is 19.5. The molecule has 0 unspecified atom stereocenters. The van der Waals surface area contributed by atoms with E-state index in [2.05, 4.69) is 48.4 Å². The van der Waals surface area contributed by atoms with Crippen LogP contribution in [0.3, 0.4) is 0 Å². The van der Waals surface area contributed by atoms with Crippen LogP contribution in [0.25, 0.3) is 5.65 Å². The monoisotopic (exact) mass is 394 g/mol. The molecule has 1 aliphatic rings. The Balaban J connectivity index is 1.33. The average molecular weight is 395 g/mol. The summed E-state index contributed by atoms with van der Waals surface area (Å²) in [5.74, 6) is 2.08. The Labute approximate surface area is 169 Å². The Bertz CT molecular complexity index is 956. The summed E-state index contributed by atoms with van der Waals surface area (Å²) in [5, 5.41) is 0. The Hall–Kier alpha value is -2.31. The number of rotatable bonds is 6. The standard InChI is InChI=1S/C22H26N4OS/c1-16-7-8-21-24-19(12-25(21)10-16)14-28-15-22(27)26-11-18(9-23)20(13-26)17-5-3-2-4-6-17/h2-8,10,12,18,20H,9,11,13-15,23H2,1H3/t18-,20+/m1/s1. The lowest BCUT2D eigenvalue weighted by Crippen LogP contribution is -2.31. The van der Waals surface area contributed by atoms with Crippen molar-refractivity contribution in [1.82, 2.24) is 14.3 Å². The smallest absolute Gasteiger partial charge is 0.232 e. The summed E-state index contributed by atoms with van der Waals surface area (Å²) in [5.41, 5.74) is 10.4. The number of carbonyl (C=O) groups is 1. The van der Waals surface area contributed by atoms with Crippen LogP contribution in [0.5, 0.6) is 0 Å². The highest BCUT2D eigenvalue weighted by atomic mass is 32.2. The van der Waals surface area contributed by atoms with Gasteiger partial charge in [0.25, 0.3) is 0 Å². The molecule has 0 aliphatic carbocycles. The number of carbonyl (C=O) groups excluding carboxylic acids is 1. The lowest BCUT2D eigenvalue weighted by atomic mass is 9.89. The normalized spacial score (nSPS) is 19.4. The van der Waals surface area contributed by atoms with Crippen LogP contribution in [0.15, 0.2) is 54.9 Å².